The molecule has 1 aromatic carbocycles. The monoisotopic (exact) mass is 361 g/mol. The van der Waals surface area contributed by atoms with E-state index < -0.39 is 12.0 Å². The summed E-state index contributed by atoms with van der Waals surface area (Å²) in [6.07, 6.45) is 0.982. The number of benzene rings is 1. The third-order valence-electron chi connectivity index (χ3n) is 2.70. The fourth-order valence-corrected chi connectivity index (χ4v) is 3.49. The Morgan fingerprint density at radius 3 is 2.52 bits per heavy atom. The molecule has 1 aromatic rings. The van der Waals surface area contributed by atoms with Crippen molar-refractivity contribution in [3.63, 3.8) is 0 Å². The third-order valence-corrected chi connectivity index (χ3v) is 4.83. The van der Waals surface area contributed by atoms with Crippen LogP contribution in [-0.4, -0.2) is 38.0 Å². The van der Waals surface area contributed by atoms with Crippen LogP contribution in [0.5, 0.6) is 0 Å². The Bertz CT molecular complexity index is 429. The van der Waals surface area contributed by atoms with Gasteiger partial charge < -0.3 is 6.15 Å². The first kappa shape index (κ1) is 19.6. The van der Waals surface area contributed by atoms with Crippen molar-refractivity contribution < 1.29 is 14.7 Å². The Labute approximate surface area is 131 Å². The molecule has 118 valence electrons. The molecule has 1 rings (SSSR count). The number of hydrogen-bond donors (Lipinski definition) is 4. The van der Waals surface area contributed by atoms with E-state index in [0.29, 0.717) is 19.4 Å². The van der Waals surface area contributed by atoms with E-state index >= 15 is 0 Å². The van der Waals surface area contributed by atoms with Crippen LogP contribution in [0.3, 0.4) is 0 Å². The predicted molar refractivity (Wildman–Crippen MR) is 83.5 cm³/mol. The van der Waals surface area contributed by atoms with E-state index in [0.717, 1.165) is 16.2 Å². The van der Waals surface area contributed by atoms with Crippen molar-refractivity contribution in [2.45, 2.75) is 36.1 Å². The fourth-order valence-electron chi connectivity index (χ4n) is 1.49. The van der Waals surface area contributed by atoms with Crippen molar-refractivity contribution in [2.75, 3.05) is 0 Å². The Hall–Kier alpha value is -1.40. The first-order valence-electron chi connectivity index (χ1n) is 6.46. The van der Waals surface area contributed by atoms with Crippen molar-refractivity contribution in [1.82, 2.24) is 11.5 Å². The molecule has 0 spiro atoms. The van der Waals surface area contributed by atoms with Crippen LogP contribution in [0.2, 0.25) is 10.6 Å². The maximum absolute atomic E-state index is 11.6. The molecule has 1 amide bonds. The minimum atomic E-state index is -0.957. The van der Waals surface area contributed by atoms with Crippen LogP contribution >= 0.6 is 0 Å². The van der Waals surface area contributed by atoms with Crippen molar-refractivity contribution in [2.24, 2.45) is 5.73 Å². The van der Waals surface area contributed by atoms with Gasteiger partial charge in [0.2, 0.25) is 0 Å². The normalized spacial score (nSPS) is 11.3. The van der Waals surface area contributed by atoms with Crippen LogP contribution in [0, 0.1) is 0 Å². The van der Waals surface area contributed by atoms with Crippen molar-refractivity contribution in [1.29, 1.82) is 0 Å². The van der Waals surface area contributed by atoms with Crippen LogP contribution < -0.4 is 17.2 Å². The standard InChI is InChI=1S/C14H20N2O3Se.H3N/c15-12(14(18)19)6-8-20-9-7-13(17)16-10-11-4-2-1-3-5-11;/h1-5,12H,6-10,15H2,(H,16,17)(H,18,19);1H3/t12-;/m0./s1. The van der Waals surface area contributed by atoms with Crippen molar-refractivity contribution >= 4 is 26.8 Å². The maximum atomic E-state index is 11.6. The molecule has 1 atom stereocenters. The van der Waals surface area contributed by atoms with Crippen LogP contribution in [0.1, 0.15) is 18.4 Å². The third kappa shape index (κ3) is 9.20. The molecule has 0 unspecified atom stereocenters. The zero-order chi connectivity index (χ0) is 14.8. The Morgan fingerprint density at radius 2 is 1.90 bits per heavy atom. The molecule has 0 aromatic heterocycles. The molecule has 0 aliphatic rings. The molecule has 0 saturated carbocycles. The average molecular weight is 360 g/mol. The van der Waals surface area contributed by atoms with Gasteiger partial charge in [0.1, 0.15) is 0 Å². The van der Waals surface area contributed by atoms with Crippen LogP contribution in [0.25, 0.3) is 0 Å². The van der Waals surface area contributed by atoms with E-state index in [4.69, 9.17) is 10.8 Å². The Kier molecular flexibility index (Phi) is 10.5. The Morgan fingerprint density at radius 1 is 1.24 bits per heavy atom. The van der Waals surface area contributed by atoms with Gasteiger partial charge in [0.05, 0.1) is 0 Å². The predicted octanol–water partition coefficient (Wildman–Crippen LogP) is 1.20. The summed E-state index contributed by atoms with van der Waals surface area (Å²) >= 11 is 0.275. The number of aliphatic carboxylic acids is 1. The number of carboxylic acids is 1. The van der Waals surface area contributed by atoms with E-state index in [1.807, 2.05) is 30.3 Å². The summed E-state index contributed by atoms with van der Waals surface area (Å²) in [6.45, 7) is 0.552. The molecular formula is C14H23N3O3Se. The fraction of sp³-hybridized carbons (Fsp3) is 0.429. The van der Waals surface area contributed by atoms with Gasteiger partial charge in [0, 0.05) is 0 Å². The number of hydrogen-bond acceptors (Lipinski definition) is 4. The van der Waals surface area contributed by atoms with E-state index in [1.165, 1.54) is 0 Å². The van der Waals surface area contributed by atoms with Crippen LogP contribution in [0.15, 0.2) is 30.3 Å². The van der Waals surface area contributed by atoms with Gasteiger partial charge in [-0.1, -0.05) is 0 Å². The quantitative estimate of drug-likeness (QED) is 0.389. The zero-order valence-electron chi connectivity index (χ0n) is 12.0. The molecule has 7 heteroatoms. The van der Waals surface area contributed by atoms with Gasteiger partial charge in [-0.3, -0.25) is 0 Å². The molecule has 0 aliphatic carbocycles. The number of amides is 1. The molecule has 21 heavy (non-hydrogen) atoms. The summed E-state index contributed by atoms with van der Waals surface area (Å²) in [7, 11) is 0. The number of nitrogens with two attached hydrogens (primary N) is 1. The Balaban J connectivity index is 0.00000400. The van der Waals surface area contributed by atoms with Crippen molar-refractivity contribution in [3.05, 3.63) is 35.9 Å². The second-order valence-corrected chi connectivity index (χ2v) is 6.93. The molecule has 0 fully saturated rings. The van der Waals surface area contributed by atoms with Gasteiger partial charge in [-0.05, 0) is 0 Å². The van der Waals surface area contributed by atoms with E-state index in [-0.39, 0.29) is 27.0 Å². The molecule has 0 radical (unpaired) electrons. The topological polar surface area (TPSA) is 127 Å². The first-order chi connectivity index (χ1) is 9.59. The molecule has 6 nitrogen and oxygen atoms in total. The van der Waals surface area contributed by atoms with Gasteiger partial charge in [-0.2, -0.15) is 0 Å². The van der Waals surface area contributed by atoms with E-state index in [2.05, 4.69) is 5.32 Å². The van der Waals surface area contributed by atoms with E-state index in [9.17, 15) is 9.59 Å². The van der Waals surface area contributed by atoms with Crippen LogP contribution in [0.4, 0.5) is 0 Å². The van der Waals surface area contributed by atoms with Gasteiger partial charge in [-0.15, -0.1) is 0 Å². The van der Waals surface area contributed by atoms with Gasteiger partial charge in [-0.25, -0.2) is 0 Å². The summed E-state index contributed by atoms with van der Waals surface area (Å²) in [5.41, 5.74) is 6.48. The van der Waals surface area contributed by atoms with E-state index in [1.54, 1.807) is 0 Å². The zero-order valence-corrected chi connectivity index (χ0v) is 13.7. The average Bonchev–Trinajstić information content (AvgIpc) is 2.45. The molecule has 0 heterocycles. The molecule has 0 bridgehead atoms. The first-order valence-corrected chi connectivity index (χ1v) is 8.88. The summed E-state index contributed by atoms with van der Waals surface area (Å²) < 4.78 is 0. The van der Waals surface area contributed by atoms with Crippen LogP contribution in [-0.2, 0) is 16.1 Å². The number of rotatable bonds is 9. The summed E-state index contributed by atoms with van der Waals surface area (Å²) in [5.74, 6) is -0.917. The SMILES string of the molecule is N.N[C@@H](CC[Se]CCC(=O)NCc1ccccc1)C(=O)O. The van der Waals surface area contributed by atoms with Gasteiger partial charge >= 0.3 is 125 Å². The second-order valence-electron chi connectivity index (χ2n) is 4.36. The van der Waals surface area contributed by atoms with Gasteiger partial charge in [0.15, 0.2) is 0 Å². The number of nitrogens with one attached hydrogen (secondary N) is 1. The molecule has 7 N–H and O–H groups in total. The summed E-state index contributed by atoms with van der Waals surface area (Å²) in [4.78, 5) is 22.1. The number of carbonyl (C=O) groups excluding carboxylic acids is 1. The molecule has 0 saturated heterocycles. The second kappa shape index (κ2) is 11.3. The molecular weight excluding hydrogens is 337 g/mol. The summed E-state index contributed by atoms with van der Waals surface area (Å²) in [6, 6.07) is 8.99. The number of carbonyl (C=O) groups is 2. The molecule has 0 aliphatic heterocycles. The number of carboxylic acid groups (broad SMARTS) is 1. The van der Waals surface area contributed by atoms with Gasteiger partial charge in [0.25, 0.3) is 0 Å². The minimum absolute atomic E-state index is 0. The summed E-state index contributed by atoms with van der Waals surface area (Å²) in [5, 5.41) is 13.1. The van der Waals surface area contributed by atoms with Crippen molar-refractivity contribution in [3.8, 4) is 0 Å².